The zero-order valence-electron chi connectivity index (χ0n) is 10.1. The van der Waals surface area contributed by atoms with Crippen molar-refractivity contribution in [3.05, 3.63) is 34.5 Å². The van der Waals surface area contributed by atoms with Crippen LogP contribution in [0, 0.1) is 0 Å². The molecule has 0 aromatic carbocycles. The van der Waals surface area contributed by atoms with Crippen LogP contribution in [0.3, 0.4) is 0 Å². The van der Waals surface area contributed by atoms with Gasteiger partial charge in [-0.15, -0.1) is 11.3 Å². The first-order valence-corrected chi connectivity index (χ1v) is 6.48. The largest absolute Gasteiger partial charge is 0.478 e. The summed E-state index contributed by atoms with van der Waals surface area (Å²) in [7, 11) is 0. The van der Waals surface area contributed by atoms with Gasteiger partial charge in [0.15, 0.2) is 0 Å². The maximum absolute atomic E-state index is 11.6. The van der Waals surface area contributed by atoms with Gasteiger partial charge >= 0.3 is 12.0 Å². The third-order valence-corrected chi connectivity index (χ3v) is 3.23. The van der Waals surface area contributed by atoms with Crippen molar-refractivity contribution in [1.82, 2.24) is 10.6 Å². The number of carboxylic acids is 1. The Bertz CT molecular complexity index is 415. The Labute approximate surface area is 110 Å². The highest BCUT2D eigenvalue weighted by atomic mass is 32.1. The molecule has 1 heterocycles. The number of aliphatic carboxylic acids is 1. The maximum Gasteiger partial charge on any atom is 0.328 e. The van der Waals surface area contributed by atoms with Crippen LogP contribution in [0.15, 0.2) is 29.7 Å². The van der Waals surface area contributed by atoms with E-state index >= 15 is 0 Å². The number of carbonyl (C=O) groups is 2. The molecule has 3 N–H and O–H groups in total. The van der Waals surface area contributed by atoms with Crippen LogP contribution in [0.5, 0.6) is 0 Å². The zero-order chi connectivity index (χ0) is 13.4. The molecule has 0 saturated heterocycles. The standard InChI is InChI=1S/C12H16N2O3S/c1-2-9(10-5-4-8-18-10)14-12(17)13-7-3-6-11(15)16/h3-6,8-9H,2,7H2,1H3,(H,15,16)(H2,13,14,17)/b6-3+. The molecule has 1 atom stereocenters. The van der Waals surface area contributed by atoms with Gasteiger partial charge in [-0.2, -0.15) is 0 Å². The Balaban J connectivity index is 2.37. The molecule has 2 amide bonds. The number of urea groups is 1. The molecule has 98 valence electrons. The van der Waals surface area contributed by atoms with E-state index in [1.807, 2.05) is 24.4 Å². The normalized spacial score (nSPS) is 12.3. The van der Waals surface area contributed by atoms with Crippen molar-refractivity contribution in [2.75, 3.05) is 6.54 Å². The highest BCUT2D eigenvalue weighted by molar-refractivity contribution is 7.10. The summed E-state index contributed by atoms with van der Waals surface area (Å²) in [6.45, 7) is 2.19. The quantitative estimate of drug-likeness (QED) is 0.692. The molecule has 6 heteroatoms. The Morgan fingerprint density at radius 3 is 2.89 bits per heavy atom. The van der Waals surface area contributed by atoms with Crippen LogP contribution in [-0.4, -0.2) is 23.7 Å². The number of carbonyl (C=O) groups excluding carboxylic acids is 1. The van der Waals surface area contributed by atoms with Crippen molar-refractivity contribution in [2.24, 2.45) is 0 Å². The van der Waals surface area contributed by atoms with Crippen LogP contribution < -0.4 is 10.6 Å². The molecular formula is C12H16N2O3S. The molecule has 1 unspecified atom stereocenters. The molecule has 18 heavy (non-hydrogen) atoms. The third-order valence-electron chi connectivity index (χ3n) is 2.24. The fourth-order valence-corrected chi connectivity index (χ4v) is 2.25. The van der Waals surface area contributed by atoms with Crippen LogP contribution in [0.1, 0.15) is 24.3 Å². The monoisotopic (exact) mass is 268 g/mol. The summed E-state index contributed by atoms with van der Waals surface area (Å²) < 4.78 is 0. The predicted octanol–water partition coefficient (Wildman–Crippen LogP) is 2.14. The molecule has 0 aliphatic rings. The molecule has 0 aliphatic heterocycles. The lowest BCUT2D eigenvalue weighted by molar-refractivity contribution is -0.131. The second-order valence-electron chi connectivity index (χ2n) is 3.57. The fourth-order valence-electron chi connectivity index (χ4n) is 1.38. The molecule has 0 aliphatic carbocycles. The number of carboxylic acid groups (broad SMARTS) is 1. The second kappa shape index (κ2) is 7.50. The lowest BCUT2D eigenvalue weighted by Crippen LogP contribution is -2.37. The van der Waals surface area contributed by atoms with Crippen molar-refractivity contribution in [3.63, 3.8) is 0 Å². The van der Waals surface area contributed by atoms with E-state index in [1.165, 1.54) is 6.08 Å². The topological polar surface area (TPSA) is 78.4 Å². The molecule has 0 radical (unpaired) electrons. The minimum atomic E-state index is -1.03. The van der Waals surface area contributed by atoms with Gasteiger partial charge in [0, 0.05) is 17.5 Å². The predicted molar refractivity (Wildman–Crippen MR) is 70.7 cm³/mol. The lowest BCUT2D eigenvalue weighted by Gasteiger charge is -2.15. The summed E-state index contributed by atoms with van der Waals surface area (Å²) in [5.74, 6) is -1.03. The molecule has 0 spiro atoms. The Morgan fingerprint density at radius 2 is 2.33 bits per heavy atom. The molecule has 0 saturated carbocycles. The van der Waals surface area contributed by atoms with Crippen molar-refractivity contribution in [3.8, 4) is 0 Å². The van der Waals surface area contributed by atoms with Crippen LogP contribution >= 0.6 is 11.3 Å². The van der Waals surface area contributed by atoms with E-state index < -0.39 is 5.97 Å². The minimum absolute atomic E-state index is 0.00606. The maximum atomic E-state index is 11.6. The number of nitrogens with one attached hydrogen (secondary N) is 2. The minimum Gasteiger partial charge on any atom is -0.478 e. The van der Waals surface area contributed by atoms with Crippen molar-refractivity contribution >= 4 is 23.3 Å². The Hall–Kier alpha value is -1.82. The summed E-state index contributed by atoms with van der Waals surface area (Å²) >= 11 is 1.60. The average molecular weight is 268 g/mol. The highest BCUT2D eigenvalue weighted by Gasteiger charge is 2.12. The van der Waals surface area contributed by atoms with Gasteiger partial charge in [0.2, 0.25) is 0 Å². The van der Waals surface area contributed by atoms with E-state index in [2.05, 4.69) is 10.6 Å². The first kappa shape index (κ1) is 14.2. The summed E-state index contributed by atoms with van der Waals surface area (Å²) in [6.07, 6.45) is 3.18. The smallest absolute Gasteiger partial charge is 0.328 e. The van der Waals surface area contributed by atoms with Gasteiger partial charge in [0.1, 0.15) is 0 Å². The molecule has 0 fully saturated rings. The van der Waals surface area contributed by atoms with Gasteiger partial charge in [-0.1, -0.05) is 19.1 Å². The average Bonchev–Trinajstić information content (AvgIpc) is 2.85. The lowest BCUT2D eigenvalue weighted by atomic mass is 10.2. The molecule has 0 bridgehead atoms. The van der Waals surface area contributed by atoms with Crippen LogP contribution in [0.25, 0.3) is 0 Å². The van der Waals surface area contributed by atoms with Gasteiger partial charge in [0.05, 0.1) is 6.04 Å². The number of amides is 2. The van der Waals surface area contributed by atoms with Gasteiger partial charge in [-0.25, -0.2) is 9.59 Å². The number of hydrogen-bond donors (Lipinski definition) is 3. The summed E-state index contributed by atoms with van der Waals surface area (Å²) in [6, 6.07) is 3.61. The van der Waals surface area contributed by atoms with Crippen LogP contribution in [0.4, 0.5) is 4.79 Å². The van der Waals surface area contributed by atoms with Crippen molar-refractivity contribution in [1.29, 1.82) is 0 Å². The van der Waals surface area contributed by atoms with E-state index in [4.69, 9.17) is 5.11 Å². The van der Waals surface area contributed by atoms with Crippen molar-refractivity contribution in [2.45, 2.75) is 19.4 Å². The van der Waals surface area contributed by atoms with E-state index in [0.29, 0.717) is 0 Å². The van der Waals surface area contributed by atoms with E-state index in [0.717, 1.165) is 17.4 Å². The molecule has 1 aromatic rings. The Kier molecular flexibility index (Phi) is 5.93. The van der Waals surface area contributed by atoms with Crippen LogP contribution in [0.2, 0.25) is 0 Å². The SMILES string of the molecule is CCC(NC(=O)NC/C=C/C(=O)O)c1cccs1. The Morgan fingerprint density at radius 1 is 1.56 bits per heavy atom. The van der Waals surface area contributed by atoms with Gasteiger partial charge in [-0.05, 0) is 17.9 Å². The molecule has 1 aromatic heterocycles. The summed E-state index contributed by atoms with van der Waals surface area (Å²) in [5.41, 5.74) is 0. The molecular weight excluding hydrogens is 252 g/mol. The number of hydrogen-bond acceptors (Lipinski definition) is 3. The highest BCUT2D eigenvalue weighted by Crippen LogP contribution is 2.21. The fraction of sp³-hybridized carbons (Fsp3) is 0.333. The van der Waals surface area contributed by atoms with Gasteiger partial charge < -0.3 is 15.7 Å². The van der Waals surface area contributed by atoms with E-state index in [-0.39, 0.29) is 18.6 Å². The van der Waals surface area contributed by atoms with Crippen molar-refractivity contribution < 1.29 is 14.7 Å². The van der Waals surface area contributed by atoms with Gasteiger partial charge in [0.25, 0.3) is 0 Å². The zero-order valence-corrected chi connectivity index (χ0v) is 10.9. The summed E-state index contributed by atoms with van der Waals surface area (Å²) in [4.78, 5) is 22.9. The number of thiophene rings is 1. The number of rotatable bonds is 6. The van der Waals surface area contributed by atoms with E-state index in [9.17, 15) is 9.59 Å². The first-order chi connectivity index (χ1) is 8.63. The third kappa shape index (κ3) is 5.01. The van der Waals surface area contributed by atoms with Crippen LogP contribution in [-0.2, 0) is 4.79 Å². The summed E-state index contributed by atoms with van der Waals surface area (Å²) in [5, 5.41) is 15.7. The second-order valence-corrected chi connectivity index (χ2v) is 4.55. The first-order valence-electron chi connectivity index (χ1n) is 5.60. The van der Waals surface area contributed by atoms with E-state index in [1.54, 1.807) is 11.3 Å². The van der Waals surface area contributed by atoms with Gasteiger partial charge in [-0.3, -0.25) is 0 Å². The molecule has 1 rings (SSSR count). The molecule has 5 nitrogen and oxygen atoms in total.